The number of amides is 2. The fourth-order valence-electron chi connectivity index (χ4n) is 4.16. The first-order valence-electron chi connectivity index (χ1n) is 12.5. The molecule has 1 heterocycles. The molecule has 2 amide bonds. The summed E-state index contributed by atoms with van der Waals surface area (Å²) in [6.45, 7) is 9.03. The number of anilines is 1. The van der Waals surface area contributed by atoms with E-state index in [-0.39, 0.29) is 41.7 Å². The zero-order chi connectivity index (χ0) is 27.2. The van der Waals surface area contributed by atoms with Crippen molar-refractivity contribution in [1.29, 1.82) is 0 Å². The lowest BCUT2D eigenvalue weighted by Gasteiger charge is -2.28. The first-order valence-corrected chi connectivity index (χ1v) is 14.8. The van der Waals surface area contributed by atoms with Gasteiger partial charge < -0.3 is 14.8 Å². The number of thiazole rings is 1. The van der Waals surface area contributed by atoms with E-state index in [2.05, 4.69) is 20.3 Å². The van der Waals surface area contributed by atoms with E-state index >= 15 is 0 Å². The fourth-order valence-corrected chi connectivity index (χ4v) is 6.63. The molecule has 10 nitrogen and oxygen atoms in total. The maximum absolute atomic E-state index is 13.0. The molecule has 1 fully saturated rings. The summed E-state index contributed by atoms with van der Waals surface area (Å²) in [7, 11) is -3.83. The first-order chi connectivity index (χ1) is 17.5. The number of hydrogen-bond donors (Lipinski definition) is 3. The number of sulfonamides is 1. The van der Waals surface area contributed by atoms with E-state index in [9.17, 15) is 18.0 Å². The van der Waals surface area contributed by atoms with Gasteiger partial charge in [-0.1, -0.05) is 13.0 Å². The van der Waals surface area contributed by atoms with Gasteiger partial charge in [-0.2, -0.15) is 0 Å². The van der Waals surface area contributed by atoms with Crippen LogP contribution < -0.4 is 15.4 Å². The molecule has 3 rings (SSSR count). The van der Waals surface area contributed by atoms with E-state index in [0.717, 1.165) is 35.6 Å². The van der Waals surface area contributed by atoms with Crippen LogP contribution in [0.25, 0.3) is 10.4 Å². The highest BCUT2D eigenvalue weighted by atomic mass is 32.2. The Hall–Kier alpha value is -2.70. The Morgan fingerprint density at radius 1 is 1.05 bits per heavy atom. The summed E-state index contributed by atoms with van der Waals surface area (Å²) < 4.78 is 38.9. The highest BCUT2D eigenvalue weighted by Crippen LogP contribution is 2.39. The summed E-state index contributed by atoms with van der Waals surface area (Å²) >= 11 is 1.47. The number of carbonyl (C=O) groups excluding carboxylic acids is 2. The van der Waals surface area contributed by atoms with E-state index in [1.54, 1.807) is 39.1 Å². The molecule has 0 spiro atoms. The van der Waals surface area contributed by atoms with Crippen LogP contribution in [0.15, 0.2) is 29.3 Å². The molecule has 0 radical (unpaired) electrons. The average Bonchev–Trinajstić information content (AvgIpc) is 3.28. The van der Waals surface area contributed by atoms with Gasteiger partial charge in [0.2, 0.25) is 10.0 Å². The van der Waals surface area contributed by atoms with E-state index in [0.29, 0.717) is 11.3 Å². The molecule has 1 aliphatic carbocycles. The first kappa shape index (κ1) is 28.9. The van der Waals surface area contributed by atoms with Crippen LogP contribution in [0.3, 0.4) is 0 Å². The minimum Gasteiger partial charge on any atom is -0.447 e. The topological polar surface area (TPSA) is 136 Å². The van der Waals surface area contributed by atoms with Gasteiger partial charge >= 0.3 is 12.2 Å². The largest absolute Gasteiger partial charge is 0.447 e. The van der Waals surface area contributed by atoms with E-state index in [4.69, 9.17) is 9.47 Å². The van der Waals surface area contributed by atoms with E-state index in [1.807, 2.05) is 13.8 Å². The van der Waals surface area contributed by atoms with Gasteiger partial charge in [0.15, 0.2) is 0 Å². The van der Waals surface area contributed by atoms with Gasteiger partial charge in [0.05, 0.1) is 27.0 Å². The van der Waals surface area contributed by atoms with Crippen LogP contribution in [0.4, 0.5) is 15.3 Å². The van der Waals surface area contributed by atoms with Crippen LogP contribution in [0.1, 0.15) is 71.2 Å². The maximum Gasteiger partial charge on any atom is 0.411 e. The number of benzene rings is 1. The fraction of sp³-hybridized carbons (Fsp3) is 0.560. The number of rotatable bonds is 9. The lowest BCUT2D eigenvalue weighted by atomic mass is 9.86. The number of aromatic nitrogens is 1. The van der Waals surface area contributed by atoms with Crippen LogP contribution in [-0.2, 0) is 19.5 Å². The van der Waals surface area contributed by atoms with Crippen molar-refractivity contribution in [2.75, 3.05) is 11.9 Å². The van der Waals surface area contributed by atoms with Crippen LogP contribution in [0.2, 0.25) is 0 Å². The van der Waals surface area contributed by atoms with Gasteiger partial charge in [0, 0.05) is 36.0 Å². The number of hydrogen-bond acceptors (Lipinski definition) is 8. The Morgan fingerprint density at radius 2 is 1.70 bits per heavy atom. The predicted octanol–water partition coefficient (Wildman–Crippen LogP) is 5.23. The molecule has 204 valence electrons. The molecule has 0 atom stereocenters. The monoisotopic (exact) mass is 552 g/mol. The van der Waals surface area contributed by atoms with Crippen molar-refractivity contribution in [1.82, 2.24) is 15.0 Å². The SMILES string of the molecule is CCNS(=O)(=O)c1cc(NC(=O)OC(C)C)ccc1-c1cnc([C@H]2CC[C@H](NC(=O)OC(C)C)CC2)s1. The lowest BCUT2D eigenvalue weighted by Crippen LogP contribution is -2.38. The van der Waals surface area contributed by atoms with E-state index in [1.165, 1.54) is 17.4 Å². The van der Waals surface area contributed by atoms with Crippen LogP contribution >= 0.6 is 11.3 Å². The van der Waals surface area contributed by atoms with Crippen LogP contribution in [0, 0.1) is 0 Å². The third-order valence-corrected chi connectivity index (χ3v) is 8.50. The van der Waals surface area contributed by atoms with Crippen molar-refractivity contribution < 1.29 is 27.5 Å². The number of carbonyl (C=O) groups is 2. The molecule has 1 aromatic heterocycles. The summed E-state index contributed by atoms with van der Waals surface area (Å²) in [6, 6.07) is 4.82. The van der Waals surface area contributed by atoms with Crippen LogP contribution in [0.5, 0.6) is 0 Å². The Kier molecular flexibility index (Phi) is 9.91. The second-order valence-electron chi connectivity index (χ2n) is 9.50. The van der Waals surface area contributed by atoms with Gasteiger partial charge in [0.25, 0.3) is 0 Å². The molecule has 37 heavy (non-hydrogen) atoms. The number of nitrogens with zero attached hydrogens (tertiary/aromatic N) is 1. The Labute approximate surface area is 222 Å². The molecule has 0 saturated heterocycles. The molecule has 0 unspecified atom stereocenters. The van der Waals surface area contributed by atoms with Crippen molar-refractivity contribution in [3.63, 3.8) is 0 Å². The van der Waals surface area contributed by atoms with Gasteiger partial charge in [-0.25, -0.2) is 27.7 Å². The Morgan fingerprint density at radius 3 is 2.32 bits per heavy atom. The molecule has 0 aliphatic heterocycles. The molecule has 0 bridgehead atoms. The molecule has 1 aliphatic rings. The zero-order valence-corrected chi connectivity index (χ0v) is 23.5. The molecule has 2 aromatic rings. The summed E-state index contributed by atoms with van der Waals surface area (Å²) in [6.07, 6.45) is 3.55. The summed E-state index contributed by atoms with van der Waals surface area (Å²) in [5.41, 5.74) is 0.830. The van der Waals surface area contributed by atoms with Crippen molar-refractivity contribution in [3.8, 4) is 10.4 Å². The van der Waals surface area contributed by atoms with Gasteiger partial charge in [0.1, 0.15) is 0 Å². The number of ether oxygens (including phenoxy) is 2. The Balaban J connectivity index is 1.77. The third kappa shape index (κ3) is 8.14. The lowest BCUT2D eigenvalue weighted by molar-refractivity contribution is 0.109. The molecule has 1 saturated carbocycles. The smallest absolute Gasteiger partial charge is 0.411 e. The molecule has 3 N–H and O–H groups in total. The quantitative estimate of drug-likeness (QED) is 0.388. The number of nitrogens with one attached hydrogen (secondary N) is 3. The highest BCUT2D eigenvalue weighted by Gasteiger charge is 2.27. The summed E-state index contributed by atoms with van der Waals surface area (Å²) in [5.74, 6) is 0.235. The van der Waals surface area contributed by atoms with Crippen molar-refractivity contribution in [3.05, 3.63) is 29.4 Å². The molecular weight excluding hydrogens is 516 g/mol. The maximum atomic E-state index is 13.0. The molecule has 12 heteroatoms. The normalized spacial score (nSPS) is 18.0. The van der Waals surface area contributed by atoms with E-state index < -0.39 is 16.1 Å². The average molecular weight is 553 g/mol. The van der Waals surface area contributed by atoms with Gasteiger partial charge in [-0.05, 0) is 65.5 Å². The minimum atomic E-state index is -3.83. The number of alkyl carbamates (subject to hydrolysis) is 1. The van der Waals surface area contributed by atoms with Crippen molar-refractivity contribution in [2.24, 2.45) is 0 Å². The third-order valence-electron chi connectivity index (χ3n) is 5.72. The molecule has 1 aromatic carbocycles. The van der Waals surface area contributed by atoms with Crippen molar-refractivity contribution >= 4 is 39.2 Å². The van der Waals surface area contributed by atoms with Gasteiger partial charge in [-0.3, -0.25) is 5.32 Å². The highest BCUT2D eigenvalue weighted by molar-refractivity contribution is 7.89. The minimum absolute atomic E-state index is 0.0588. The predicted molar refractivity (Wildman–Crippen MR) is 143 cm³/mol. The van der Waals surface area contributed by atoms with Crippen LogP contribution in [-0.4, -0.2) is 50.4 Å². The molecular formula is C25H36N4O6S2. The van der Waals surface area contributed by atoms with Gasteiger partial charge in [-0.15, -0.1) is 11.3 Å². The second kappa shape index (κ2) is 12.7. The summed E-state index contributed by atoms with van der Waals surface area (Å²) in [4.78, 5) is 29.3. The standard InChI is InChI=1S/C25H36N4O6S2/c1-6-27-37(32,33)22-13-19(29-25(31)35-16(4)5)11-12-20(22)21-14-26-23(36-21)17-7-9-18(10-8-17)28-24(30)34-15(2)3/h11-18,27H,6-10H2,1-5H3,(H,28,30)(H,29,31)/t17-,18-. The Bertz CT molecular complexity index is 1190. The second-order valence-corrected chi connectivity index (χ2v) is 12.3. The van der Waals surface area contributed by atoms with Crippen molar-refractivity contribution in [2.45, 2.75) is 89.4 Å². The summed E-state index contributed by atoms with van der Waals surface area (Å²) in [5, 5.41) is 6.45. The zero-order valence-electron chi connectivity index (χ0n) is 21.9.